The van der Waals surface area contributed by atoms with Gasteiger partial charge in [-0.05, 0) is 49.6 Å². The molecule has 1 aromatic carbocycles. The number of carbonyl (C=O) groups excluding carboxylic acids is 2. The Morgan fingerprint density at radius 2 is 1.88 bits per heavy atom. The van der Waals surface area contributed by atoms with E-state index in [0.717, 1.165) is 17.7 Å². The first-order valence-electron chi connectivity index (χ1n) is 8.71. The zero-order valence-corrected chi connectivity index (χ0v) is 15.4. The molecule has 1 atom stereocenters. The summed E-state index contributed by atoms with van der Waals surface area (Å²) in [4.78, 5) is 28.5. The summed E-state index contributed by atoms with van der Waals surface area (Å²) in [6.45, 7) is 4.42. The van der Waals surface area contributed by atoms with Crippen molar-refractivity contribution in [2.24, 2.45) is 0 Å². The lowest BCUT2D eigenvalue weighted by Gasteiger charge is -2.11. The van der Waals surface area contributed by atoms with Gasteiger partial charge in [0.15, 0.2) is 0 Å². The van der Waals surface area contributed by atoms with E-state index in [9.17, 15) is 9.59 Å². The monoisotopic (exact) mass is 355 g/mol. The minimum atomic E-state index is -0.271. The number of nitrogens with one attached hydrogen (secondary N) is 2. The average Bonchev–Trinajstić information content (AvgIpc) is 2.68. The molecule has 0 spiro atoms. The number of benzene rings is 1. The molecule has 0 saturated carbocycles. The van der Waals surface area contributed by atoms with Crippen LogP contribution in [0.5, 0.6) is 5.75 Å². The second-order valence-electron chi connectivity index (χ2n) is 6.07. The van der Waals surface area contributed by atoms with Gasteiger partial charge >= 0.3 is 0 Å². The number of hydrogen-bond donors (Lipinski definition) is 2. The van der Waals surface area contributed by atoms with Gasteiger partial charge in [0.25, 0.3) is 11.8 Å². The maximum Gasteiger partial charge on any atom is 0.270 e. The highest BCUT2D eigenvalue weighted by molar-refractivity contribution is 5.98. The van der Waals surface area contributed by atoms with Gasteiger partial charge in [0, 0.05) is 24.3 Å². The predicted octanol–water partition coefficient (Wildman–Crippen LogP) is 2.59. The fourth-order valence-corrected chi connectivity index (χ4v) is 2.31. The third kappa shape index (κ3) is 5.58. The number of methoxy groups -OCH3 is 1. The van der Waals surface area contributed by atoms with Gasteiger partial charge < -0.3 is 15.4 Å². The molecule has 2 amide bonds. The van der Waals surface area contributed by atoms with Gasteiger partial charge in [-0.3, -0.25) is 14.6 Å². The Morgan fingerprint density at radius 1 is 1.15 bits per heavy atom. The van der Waals surface area contributed by atoms with Crippen LogP contribution in [0.25, 0.3) is 0 Å². The second kappa shape index (κ2) is 9.56. The van der Waals surface area contributed by atoms with E-state index in [1.807, 2.05) is 38.1 Å². The van der Waals surface area contributed by atoms with Gasteiger partial charge in [-0.1, -0.05) is 19.1 Å². The Hall–Kier alpha value is -2.89. The van der Waals surface area contributed by atoms with Crippen molar-refractivity contribution in [1.82, 2.24) is 15.6 Å². The molecule has 0 aliphatic carbocycles. The van der Waals surface area contributed by atoms with Gasteiger partial charge in [-0.25, -0.2) is 0 Å². The number of rotatable bonds is 8. The van der Waals surface area contributed by atoms with Crippen molar-refractivity contribution < 1.29 is 14.3 Å². The van der Waals surface area contributed by atoms with Crippen molar-refractivity contribution in [2.45, 2.75) is 32.7 Å². The van der Waals surface area contributed by atoms with Gasteiger partial charge in [-0.2, -0.15) is 0 Å². The molecule has 2 rings (SSSR count). The lowest BCUT2D eigenvalue weighted by Crippen LogP contribution is -2.33. The molecular weight excluding hydrogens is 330 g/mol. The van der Waals surface area contributed by atoms with Crippen molar-refractivity contribution in [3.8, 4) is 5.75 Å². The molecule has 6 heteroatoms. The second-order valence-corrected chi connectivity index (χ2v) is 6.07. The van der Waals surface area contributed by atoms with Crippen LogP contribution in [0.15, 0.2) is 42.6 Å². The van der Waals surface area contributed by atoms with Gasteiger partial charge in [0.1, 0.15) is 11.4 Å². The van der Waals surface area contributed by atoms with Crippen LogP contribution < -0.4 is 15.4 Å². The number of pyridine rings is 1. The molecule has 0 saturated heterocycles. The number of nitrogens with zero attached hydrogens (tertiary/aromatic N) is 1. The molecule has 0 aliphatic rings. The summed E-state index contributed by atoms with van der Waals surface area (Å²) in [5, 5.41) is 5.71. The summed E-state index contributed by atoms with van der Waals surface area (Å²) in [6.07, 6.45) is 3.02. The molecule has 0 fully saturated rings. The molecule has 2 aromatic rings. The van der Waals surface area contributed by atoms with E-state index in [1.54, 1.807) is 13.2 Å². The Kier molecular flexibility index (Phi) is 7.14. The molecule has 26 heavy (non-hydrogen) atoms. The van der Waals surface area contributed by atoms with Crippen LogP contribution in [-0.4, -0.2) is 36.5 Å². The van der Waals surface area contributed by atoms with Gasteiger partial charge in [0.2, 0.25) is 0 Å². The summed E-state index contributed by atoms with van der Waals surface area (Å²) in [6, 6.07) is 10.9. The SMILES string of the molecule is CCC(C)NC(=O)c1cc(C(=O)NCCc2ccc(OC)cc2)ccn1. The molecule has 138 valence electrons. The van der Waals surface area contributed by atoms with E-state index in [2.05, 4.69) is 15.6 Å². The normalized spacial score (nSPS) is 11.5. The van der Waals surface area contributed by atoms with E-state index in [0.29, 0.717) is 18.5 Å². The van der Waals surface area contributed by atoms with Crippen LogP contribution >= 0.6 is 0 Å². The number of aromatic nitrogens is 1. The van der Waals surface area contributed by atoms with Crippen LogP contribution in [-0.2, 0) is 6.42 Å². The minimum absolute atomic E-state index is 0.0614. The van der Waals surface area contributed by atoms with Crippen LogP contribution in [0.1, 0.15) is 46.7 Å². The summed E-state index contributed by atoms with van der Waals surface area (Å²) >= 11 is 0. The summed E-state index contributed by atoms with van der Waals surface area (Å²) in [5.41, 5.74) is 1.77. The predicted molar refractivity (Wildman–Crippen MR) is 100 cm³/mol. The summed E-state index contributed by atoms with van der Waals surface area (Å²) in [5.74, 6) is 0.309. The Morgan fingerprint density at radius 3 is 2.54 bits per heavy atom. The maximum atomic E-state index is 12.3. The molecule has 2 N–H and O–H groups in total. The largest absolute Gasteiger partial charge is 0.497 e. The molecule has 1 unspecified atom stereocenters. The standard InChI is InChI=1S/C20H25N3O3/c1-4-14(2)23-20(25)18-13-16(10-12-21-18)19(24)22-11-9-15-5-7-17(26-3)8-6-15/h5-8,10,12-14H,4,9,11H2,1-3H3,(H,22,24)(H,23,25). The number of ether oxygens (including phenoxy) is 1. The molecule has 1 aromatic heterocycles. The zero-order chi connectivity index (χ0) is 18.9. The van der Waals surface area contributed by atoms with Crippen LogP contribution in [0.4, 0.5) is 0 Å². The van der Waals surface area contributed by atoms with Gasteiger partial charge in [-0.15, -0.1) is 0 Å². The van der Waals surface area contributed by atoms with Crippen molar-refractivity contribution in [2.75, 3.05) is 13.7 Å². The smallest absolute Gasteiger partial charge is 0.270 e. The van der Waals surface area contributed by atoms with Crippen LogP contribution in [0.2, 0.25) is 0 Å². The Balaban J connectivity index is 1.90. The molecular formula is C20H25N3O3. The van der Waals surface area contributed by atoms with E-state index in [4.69, 9.17) is 4.74 Å². The Bertz CT molecular complexity index is 744. The number of hydrogen-bond acceptors (Lipinski definition) is 4. The van der Waals surface area contributed by atoms with E-state index < -0.39 is 0 Å². The number of amides is 2. The fourth-order valence-electron chi connectivity index (χ4n) is 2.31. The zero-order valence-electron chi connectivity index (χ0n) is 15.4. The summed E-state index contributed by atoms with van der Waals surface area (Å²) < 4.78 is 5.12. The third-order valence-electron chi connectivity index (χ3n) is 4.10. The van der Waals surface area contributed by atoms with E-state index >= 15 is 0 Å². The van der Waals surface area contributed by atoms with Crippen molar-refractivity contribution in [3.63, 3.8) is 0 Å². The first kappa shape index (κ1) is 19.4. The van der Waals surface area contributed by atoms with E-state index in [-0.39, 0.29) is 23.6 Å². The van der Waals surface area contributed by atoms with Crippen LogP contribution in [0.3, 0.4) is 0 Å². The maximum absolute atomic E-state index is 12.3. The molecule has 0 radical (unpaired) electrons. The van der Waals surface area contributed by atoms with E-state index in [1.165, 1.54) is 12.3 Å². The van der Waals surface area contributed by atoms with Crippen molar-refractivity contribution in [1.29, 1.82) is 0 Å². The highest BCUT2D eigenvalue weighted by atomic mass is 16.5. The fraction of sp³-hybridized carbons (Fsp3) is 0.350. The Labute approximate surface area is 154 Å². The molecule has 0 bridgehead atoms. The van der Waals surface area contributed by atoms with Crippen LogP contribution in [0, 0.1) is 0 Å². The molecule has 0 aliphatic heterocycles. The minimum Gasteiger partial charge on any atom is -0.497 e. The first-order valence-corrected chi connectivity index (χ1v) is 8.71. The highest BCUT2D eigenvalue weighted by Gasteiger charge is 2.13. The average molecular weight is 355 g/mol. The highest BCUT2D eigenvalue weighted by Crippen LogP contribution is 2.11. The first-order chi connectivity index (χ1) is 12.5. The van der Waals surface area contributed by atoms with Gasteiger partial charge in [0.05, 0.1) is 7.11 Å². The molecule has 6 nitrogen and oxygen atoms in total. The lowest BCUT2D eigenvalue weighted by atomic mass is 10.1. The topological polar surface area (TPSA) is 80.3 Å². The number of carbonyl (C=O) groups is 2. The quantitative estimate of drug-likeness (QED) is 0.763. The third-order valence-corrected chi connectivity index (χ3v) is 4.10. The molecule has 1 heterocycles. The van der Waals surface area contributed by atoms with Crippen molar-refractivity contribution in [3.05, 3.63) is 59.4 Å². The summed E-state index contributed by atoms with van der Waals surface area (Å²) in [7, 11) is 1.63. The lowest BCUT2D eigenvalue weighted by molar-refractivity contribution is 0.0934. The van der Waals surface area contributed by atoms with Crippen molar-refractivity contribution >= 4 is 11.8 Å².